The first-order valence-electron chi connectivity index (χ1n) is 9.33. The molecule has 30 heavy (non-hydrogen) atoms. The second kappa shape index (κ2) is 8.03. The van der Waals surface area contributed by atoms with Crippen molar-refractivity contribution < 1.29 is 30.9 Å². The van der Waals surface area contributed by atoms with Gasteiger partial charge in [0.2, 0.25) is 15.9 Å². The smallest absolute Gasteiger partial charge is 0.360 e. The van der Waals surface area contributed by atoms with Crippen molar-refractivity contribution in [3.8, 4) is 0 Å². The van der Waals surface area contributed by atoms with Crippen molar-refractivity contribution >= 4 is 21.6 Å². The van der Waals surface area contributed by atoms with E-state index in [-0.39, 0.29) is 40.7 Å². The molecule has 0 spiro atoms. The summed E-state index contributed by atoms with van der Waals surface area (Å²) in [7, 11) is -3.90. The number of carbonyl (C=O) groups is 1. The lowest BCUT2D eigenvalue weighted by molar-refractivity contribution is -0.138. The first kappa shape index (κ1) is 22.3. The number of rotatable bonds is 4. The normalized spacial score (nSPS) is 18.4. The number of hydrogen-bond donors (Lipinski definition) is 1. The van der Waals surface area contributed by atoms with E-state index in [4.69, 9.17) is 4.52 Å². The van der Waals surface area contributed by atoms with Gasteiger partial charge < -0.3 is 9.84 Å². The maximum absolute atomic E-state index is 13.1. The second-order valence-electron chi connectivity index (χ2n) is 7.37. The van der Waals surface area contributed by atoms with Crippen LogP contribution in [0.2, 0.25) is 0 Å². The van der Waals surface area contributed by atoms with Crippen molar-refractivity contribution in [1.82, 2.24) is 9.46 Å². The molecule has 1 aromatic heterocycles. The largest absolute Gasteiger partial charge is 0.416 e. The van der Waals surface area contributed by atoms with E-state index in [1.807, 2.05) is 0 Å². The molecule has 164 valence electrons. The number of alkyl halides is 3. The second-order valence-corrected chi connectivity index (χ2v) is 9.25. The van der Waals surface area contributed by atoms with Crippen molar-refractivity contribution in [1.29, 1.82) is 0 Å². The molecule has 2 heterocycles. The number of nitrogens with one attached hydrogen (secondary N) is 1. The molecule has 1 aromatic carbocycles. The molecule has 0 bridgehead atoms. The average molecular weight is 445 g/mol. The Balaban J connectivity index is 1.77. The number of hydrogen-bond acceptors (Lipinski definition) is 5. The van der Waals surface area contributed by atoms with Crippen LogP contribution in [-0.2, 0) is 21.0 Å². The molecule has 1 atom stereocenters. The Bertz CT molecular complexity index is 1040. The Hall–Kier alpha value is -2.40. The predicted octanol–water partition coefficient (Wildman–Crippen LogP) is 3.66. The number of nitrogens with zero attached hydrogens (tertiary/aromatic N) is 2. The van der Waals surface area contributed by atoms with Gasteiger partial charge >= 0.3 is 6.18 Å². The first-order valence-corrected chi connectivity index (χ1v) is 10.8. The van der Waals surface area contributed by atoms with Gasteiger partial charge in [-0.2, -0.15) is 17.5 Å². The van der Waals surface area contributed by atoms with Crippen LogP contribution < -0.4 is 5.32 Å². The number of anilines is 1. The average Bonchev–Trinajstić information content (AvgIpc) is 3.01. The van der Waals surface area contributed by atoms with E-state index in [9.17, 15) is 26.4 Å². The molecule has 11 heteroatoms. The van der Waals surface area contributed by atoms with Crippen LogP contribution in [0.3, 0.4) is 0 Å². The SMILES string of the molecule is Cc1ccc(NC(=O)C2CCCN(S(=O)(=O)c3c(C)noc3C)C2)cc1C(F)(F)F. The van der Waals surface area contributed by atoms with Gasteiger partial charge in [-0.15, -0.1) is 0 Å². The Morgan fingerprint density at radius 1 is 1.27 bits per heavy atom. The highest BCUT2D eigenvalue weighted by Crippen LogP contribution is 2.34. The lowest BCUT2D eigenvalue weighted by Gasteiger charge is -2.31. The van der Waals surface area contributed by atoms with Crippen molar-refractivity contribution in [3.63, 3.8) is 0 Å². The minimum atomic E-state index is -4.53. The fraction of sp³-hybridized carbons (Fsp3) is 0.474. The molecule has 1 aliphatic rings. The van der Waals surface area contributed by atoms with Crippen LogP contribution in [0.25, 0.3) is 0 Å². The van der Waals surface area contributed by atoms with Crippen LogP contribution in [-0.4, -0.2) is 36.9 Å². The lowest BCUT2D eigenvalue weighted by atomic mass is 9.98. The maximum Gasteiger partial charge on any atom is 0.416 e. The Kier molecular flexibility index (Phi) is 5.96. The minimum absolute atomic E-state index is 0.0167. The molecule has 7 nitrogen and oxygen atoms in total. The maximum atomic E-state index is 13.1. The van der Waals surface area contributed by atoms with Gasteiger partial charge in [0.1, 0.15) is 10.6 Å². The van der Waals surface area contributed by atoms with Crippen LogP contribution in [0.15, 0.2) is 27.6 Å². The zero-order valence-electron chi connectivity index (χ0n) is 16.7. The van der Waals surface area contributed by atoms with E-state index in [2.05, 4.69) is 10.5 Å². The topological polar surface area (TPSA) is 92.5 Å². The third kappa shape index (κ3) is 4.36. The Morgan fingerprint density at radius 3 is 2.57 bits per heavy atom. The summed E-state index contributed by atoms with van der Waals surface area (Å²) in [5, 5.41) is 6.16. The Morgan fingerprint density at radius 2 is 1.97 bits per heavy atom. The van der Waals surface area contributed by atoms with Gasteiger partial charge in [0.25, 0.3) is 0 Å². The molecule has 1 amide bonds. The van der Waals surface area contributed by atoms with E-state index in [1.165, 1.54) is 37.2 Å². The number of halogens is 3. The van der Waals surface area contributed by atoms with Crippen molar-refractivity contribution in [2.75, 3.05) is 18.4 Å². The van der Waals surface area contributed by atoms with E-state index in [0.717, 1.165) is 6.07 Å². The van der Waals surface area contributed by atoms with Gasteiger partial charge in [-0.3, -0.25) is 4.79 Å². The number of amides is 1. The highest BCUT2D eigenvalue weighted by Gasteiger charge is 2.37. The highest BCUT2D eigenvalue weighted by atomic mass is 32.2. The summed E-state index contributed by atoms with van der Waals surface area (Å²) in [6, 6.07) is 3.56. The van der Waals surface area contributed by atoms with Gasteiger partial charge in [0.05, 0.1) is 11.5 Å². The number of aromatic nitrogens is 1. The number of benzene rings is 1. The van der Waals surface area contributed by atoms with Crippen LogP contribution in [0.4, 0.5) is 18.9 Å². The fourth-order valence-electron chi connectivity index (χ4n) is 3.60. The summed E-state index contributed by atoms with van der Waals surface area (Å²) in [6.07, 6.45) is -3.66. The highest BCUT2D eigenvalue weighted by molar-refractivity contribution is 7.89. The zero-order valence-corrected chi connectivity index (χ0v) is 17.5. The van der Waals surface area contributed by atoms with E-state index >= 15 is 0 Å². The molecule has 1 N–H and O–H groups in total. The quantitative estimate of drug-likeness (QED) is 0.776. The van der Waals surface area contributed by atoms with Gasteiger partial charge in [0, 0.05) is 18.8 Å². The third-order valence-corrected chi connectivity index (χ3v) is 7.24. The summed E-state index contributed by atoms with van der Waals surface area (Å²) in [5.74, 6) is -1.05. The molecular formula is C19H22F3N3O4S. The molecule has 0 saturated carbocycles. The lowest BCUT2D eigenvalue weighted by Crippen LogP contribution is -2.43. The summed E-state index contributed by atoms with van der Waals surface area (Å²) in [6.45, 7) is 4.52. The van der Waals surface area contributed by atoms with Crippen molar-refractivity contribution in [3.05, 3.63) is 40.8 Å². The summed E-state index contributed by atoms with van der Waals surface area (Å²) in [5.41, 5.74) is -0.525. The number of aryl methyl sites for hydroxylation is 3. The molecule has 0 radical (unpaired) electrons. The van der Waals surface area contributed by atoms with Crippen molar-refractivity contribution in [2.24, 2.45) is 5.92 Å². The first-order chi connectivity index (χ1) is 13.9. The fourth-order valence-corrected chi connectivity index (χ4v) is 5.41. The molecule has 1 unspecified atom stereocenters. The van der Waals surface area contributed by atoms with E-state index < -0.39 is 33.6 Å². The third-order valence-electron chi connectivity index (χ3n) is 5.13. The summed E-state index contributed by atoms with van der Waals surface area (Å²) >= 11 is 0. The van der Waals surface area contributed by atoms with E-state index in [1.54, 1.807) is 0 Å². The van der Waals surface area contributed by atoms with Gasteiger partial charge in [-0.25, -0.2) is 8.42 Å². The number of carbonyl (C=O) groups excluding carboxylic acids is 1. The summed E-state index contributed by atoms with van der Waals surface area (Å²) < 4.78 is 71.4. The zero-order chi connectivity index (χ0) is 22.3. The van der Waals surface area contributed by atoms with Crippen LogP contribution in [0.1, 0.15) is 35.4 Å². The van der Waals surface area contributed by atoms with Gasteiger partial charge in [0.15, 0.2) is 5.76 Å². The number of sulfonamides is 1. The van der Waals surface area contributed by atoms with Crippen molar-refractivity contribution in [2.45, 2.75) is 44.7 Å². The minimum Gasteiger partial charge on any atom is -0.360 e. The molecule has 2 aromatic rings. The van der Waals surface area contributed by atoms with Gasteiger partial charge in [-0.05, 0) is 51.3 Å². The molecule has 1 fully saturated rings. The molecule has 3 rings (SSSR count). The number of piperidine rings is 1. The molecular weight excluding hydrogens is 423 g/mol. The summed E-state index contributed by atoms with van der Waals surface area (Å²) in [4.78, 5) is 12.6. The predicted molar refractivity (Wildman–Crippen MR) is 102 cm³/mol. The molecule has 0 aliphatic carbocycles. The monoisotopic (exact) mass is 445 g/mol. The van der Waals surface area contributed by atoms with Crippen LogP contribution in [0, 0.1) is 26.7 Å². The standard InChI is InChI=1S/C19H22F3N3O4S/c1-11-6-7-15(9-16(11)19(20,21)22)23-18(26)14-5-4-8-25(10-14)30(27,28)17-12(2)24-29-13(17)3/h6-7,9,14H,4-5,8,10H2,1-3H3,(H,23,26). The van der Waals surface area contributed by atoms with E-state index in [0.29, 0.717) is 12.8 Å². The Labute approximate surface area is 172 Å². The molecule has 1 aliphatic heterocycles. The van der Waals surface area contributed by atoms with Gasteiger partial charge in [-0.1, -0.05) is 11.2 Å². The van der Waals surface area contributed by atoms with Crippen LogP contribution >= 0.6 is 0 Å². The van der Waals surface area contributed by atoms with Crippen LogP contribution in [0.5, 0.6) is 0 Å². The molecule has 1 saturated heterocycles.